The third-order valence-electron chi connectivity index (χ3n) is 4.13. The number of hydrogen-bond acceptors (Lipinski definition) is 4. The lowest BCUT2D eigenvalue weighted by molar-refractivity contribution is -0.121. The van der Waals surface area contributed by atoms with E-state index in [0.29, 0.717) is 10.7 Å². The fourth-order valence-electron chi connectivity index (χ4n) is 2.84. The average Bonchev–Trinajstić information content (AvgIpc) is 2.68. The van der Waals surface area contributed by atoms with Crippen molar-refractivity contribution >= 4 is 40.9 Å². The van der Waals surface area contributed by atoms with Gasteiger partial charge in [-0.05, 0) is 23.8 Å². The molecule has 8 heteroatoms. The number of amides is 2. The molecule has 0 aliphatic carbocycles. The first-order chi connectivity index (χ1) is 13.5. The van der Waals surface area contributed by atoms with Crippen LogP contribution in [0.4, 0.5) is 10.1 Å². The maximum absolute atomic E-state index is 14.2. The number of para-hydroxylation sites is 1. The summed E-state index contributed by atoms with van der Waals surface area (Å²) in [7, 11) is 0. The number of rotatable bonds is 5. The van der Waals surface area contributed by atoms with Crippen LogP contribution >= 0.6 is 23.4 Å². The fraction of sp³-hybridized carbons (Fsp3) is 0.150. The van der Waals surface area contributed by atoms with Crippen LogP contribution in [0.5, 0.6) is 0 Å². The van der Waals surface area contributed by atoms with Crippen LogP contribution in [-0.4, -0.2) is 17.6 Å². The molecule has 2 aromatic carbocycles. The number of thioether (sulfide) groups is 1. The molecule has 1 atom stereocenters. The van der Waals surface area contributed by atoms with Crippen molar-refractivity contribution in [3.05, 3.63) is 75.5 Å². The zero-order valence-electron chi connectivity index (χ0n) is 14.5. The van der Waals surface area contributed by atoms with Crippen molar-refractivity contribution in [3.8, 4) is 6.07 Å². The van der Waals surface area contributed by atoms with Gasteiger partial charge < -0.3 is 10.6 Å². The van der Waals surface area contributed by atoms with E-state index in [-0.39, 0.29) is 40.2 Å². The minimum Gasteiger partial charge on any atom is -0.324 e. The molecule has 1 aliphatic heterocycles. The molecule has 2 amide bonds. The number of allylic oxidation sites excluding steroid dienone is 1. The normalized spacial score (nSPS) is 16.3. The van der Waals surface area contributed by atoms with Crippen LogP contribution < -0.4 is 10.6 Å². The van der Waals surface area contributed by atoms with E-state index < -0.39 is 11.7 Å². The second kappa shape index (κ2) is 8.91. The summed E-state index contributed by atoms with van der Waals surface area (Å²) in [5.41, 5.74) is 0.994. The summed E-state index contributed by atoms with van der Waals surface area (Å²) in [6.45, 7) is 0. The van der Waals surface area contributed by atoms with E-state index >= 15 is 0 Å². The molecule has 0 saturated heterocycles. The summed E-state index contributed by atoms with van der Waals surface area (Å²) in [5, 5.41) is 15.6. The van der Waals surface area contributed by atoms with Crippen molar-refractivity contribution in [2.45, 2.75) is 12.3 Å². The second-order valence-electron chi connectivity index (χ2n) is 6.00. The van der Waals surface area contributed by atoms with Gasteiger partial charge in [0.25, 0.3) is 0 Å². The van der Waals surface area contributed by atoms with Gasteiger partial charge in [0.15, 0.2) is 0 Å². The highest BCUT2D eigenvalue weighted by atomic mass is 35.5. The summed E-state index contributed by atoms with van der Waals surface area (Å²) < 4.78 is 14.2. The minimum atomic E-state index is -0.686. The number of halogens is 2. The monoisotopic (exact) mass is 415 g/mol. The zero-order valence-corrected chi connectivity index (χ0v) is 16.1. The molecule has 0 fully saturated rings. The van der Waals surface area contributed by atoms with Crippen LogP contribution in [0, 0.1) is 17.1 Å². The summed E-state index contributed by atoms with van der Waals surface area (Å²) in [5.74, 6) is -1.88. The first-order valence-corrected chi connectivity index (χ1v) is 9.71. The summed E-state index contributed by atoms with van der Waals surface area (Å²) in [6.07, 6.45) is -0.0281. The van der Waals surface area contributed by atoms with Gasteiger partial charge in [0.1, 0.15) is 5.82 Å². The third-order valence-corrected chi connectivity index (χ3v) is 5.48. The number of carbonyl (C=O) groups is 2. The molecule has 1 aliphatic rings. The van der Waals surface area contributed by atoms with Crippen molar-refractivity contribution in [3.63, 3.8) is 0 Å². The van der Waals surface area contributed by atoms with Crippen LogP contribution in [-0.2, 0) is 9.59 Å². The van der Waals surface area contributed by atoms with Crippen molar-refractivity contribution in [2.24, 2.45) is 0 Å². The molecule has 5 nitrogen and oxygen atoms in total. The van der Waals surface area contributed by atoms with Crippen LogP contribution in [0.15, 0.2) is 59.1 Å². The Morgan fingerprint density at radius 1 is 1.29 bits per heavy atom. The van der Waals surface area contributed by atoms with Crippen molar-refractivity contribution in [1.82, 2.24) is 5.32 Å². The Morgan fingerprint density at radius 2 is 2.00 bits per heavy atom. The van der Waals surface area contributed by atoms with E-state index in [1.807, 2.05) is 0 Å². The third kappa shape index (κ3) is 4.53. The SMILES string of the molecule is N#CC1=C(SCC(=O)Nc2ccccc2Cl)NC(=O)C[C@@H]1c1ccccc1F. The largest absolute Gasteiger partial charge is 0.324 e. The molecule has 2 N–H and O–H groups in total. The Balaban J connectivity index is 1.78. The quantitative estimate of drug-likeness (QED) is 0.767. The average molecular weight is 416 g/mol. The molecule has 2 aromatic rings. The Hall–Kier alpha value is -2.82. The number of nitrogens with one attached hydrogen (secondary N) is 2. The summed E-state index contributed by atoms with van der Waals surface area (Å²) in [4.78, 5) is 24.3. The molecule has 142 valence electrons. The van der Waals surface area contributed by atoms with E-state index in [1.54, 1.807) is 42.5 Å². The smallest absolute Gasteiger partial charge is 0.234 e. The van der Waals surface area contributed by atoms with Crippen LogP contribution in [0.3, 0.4) is 0 Å². The lowest BCUT2D eigenvalue weighted by atomic mass is 9.87. The molecular formula is C20H15ClFN3O2S. The first-order valence-electron chi connectivity index (χ1n) is 8.35. The van der Waals surface area contributed by atoms with E-state index in [2.05, 4.69) is 16.7 Å². The highest BCUT2D eigenvalue weighted by Gasteiger charge is 2.31. The standard InChI is InChI=1S/C20H15ClFN3O2S/c21-15-6-2-4-8-17(15)24-19(27)11-28-20-14(10-23)13(9-18(26)25-20)12-5-1-3-7-16(12)22/h1-8,13H,9,11H2,(H,24,27)(H,25,26)/t13-/m1/s1. The number of benzene rings is 2. The van der Waals surface area contributed by atoms with Crippen LogP contribution in [0.1, 0.15) is 17.9 Å². The fourth-order valence-corrected chi connectivity index (χ4v) is 3.90. The van der Waals surface area contributed by atoms with Gasteiger partial charge in [-0.2, -0.15) is 5.26 Å². The molecule has 0 spiro atoms. The number of carbonyl (C=O) groups excluding carboxylic acids is 2. The molecule has 0 aromatic heterocycles. The first kappa shape index (κ1) is 19.9. The van der Waals surface area contributed by atoms with E-state index in [9.17, 15) is 19.2 Å². The van der Waals surface area contributed by atoms with Gasteiger partial charge >= 0.3 is 0 Å². The van der Waals surface area contributed by atoms with Gasteiger partial charge in [-0.3, -0.25) is 9.59 Å². The minimum absolute atomic E-state index is 0.0281. The molecule has 0 saturated carbocycles. The number of nitriles is 1. The maximum atomic E-state index is 14.2. The molecule has 3 rings (SSSR count). The Kier molecular flexibility index (Phi) is 6.34. The highest BCUT2D eigenvalue weighted by molar-refractivity contribution is 8.03. The Labute approximate surface area is 170 Å². The second-order valence-corrected chi connectivity index (χ2v) is 7.39. The van der Waals surface area contributed by atoms with Gasteiger partial charge in [0.05, 0.1) is 33.1 Å². The van der Waals surface area contributed by atoms with Crippen molar-refractivity contribution in [1.29, 1.82) is 5.26 Å². The van der Waals surface area contributed by atoms with Gasteiger partial charge in [-0.1, -0.05) is 53.7 Å². The molecule has 0 bridgehead atoms. The molecule has 1 heterocycles. The van der Waals surface area contributed by atoms with E-state index in [0.717, 1.165) is 11.8 Å². The predicted octanol–water partition coefficient (Wildman–Crippen LogP) is 4.19. The molecule has 0 unspecified atom stereocenters. The maximum Gasteiger partial charge on any atom is 0.234 e. The number of nitrogens with zero attached hydrogens (tertiary/aromatic N) is 1. The van der Waals surface area contributed by atoms with E-state index in [1.165, 1.54) is 6.07 Å². The highest BCUT2D eigenvalue weighted by Crippen LogP contribution is 2.36. The van der Waals surface area contributed by atoms with Crippen molar-refractivity contribution < 1.29 is 14.0 Å². The van der Waals surface area contributed by atoms with E-state index in [4.69, 9.17) is 11.6 Å². The lowest BCUT2D eigenvalue weighted by Gasteiger charge is -2.25. The van der Waals surface area contributed by atoms with Gasteiger partial charge in [0.2, 0.25) is 11.8 Å². The lowest BCUT2D eigenvalue weighted by Crippen LogP contribution is -2.31. The predicted molar refractivity (Wildman–Crippen MR) is 107 cm³/mol. The summed E-state index contributed by atoms with van der Waals surface area (Å²) in [6, 6.07) is 14.9. The molecule has 0 radical (unpaired) electrons. The molecule has 28 heavy (non-hydrogen) atoms. The molecular weight excluding hydrogens is 401 g/mol. The van der Waals surface area contributed by atoms with Crippen molar-refractivity contribution in [2.75, 3.05) is 11.1 Å². The topological polar surface area (TPSA) is 82.0 Å². The Bertz CT molecular complexity index is 1000. The number of anilines is 1. The number of hydrogen-bond donors (Lipinski definition) is 2. The van der Waals surface area contributed by atoms with Crippen LogP contribution in [0.2, 0.25) is 5.02 Å². The van der Waals surface area contributed by atoms with Gasteiger partial charge in [-0.25, -0.2) is 4.39 Å². The Morgan fingerprint density at radius 3 is 2.71 bits per heavy atom. The summed E-state index contributed by atoms with van der Waals surface area (Å²) >= 11 is 7.04. The van der Waals surface area contributed by atoms with Gasteiger partial charge in [-0.15, -0.1) is 0 Å². The van der Waals surface area contributed by atoms with Crippen LogP contribution in [0.25, 0.3) is 0 Å². The van der Waals surface area contributed by atoms with Gasteiger partial charge in [0, 0.05) is 12.3 Å². The zero-order chi connectivity index (χ0) is 20.1.